The second-order valence-corrected chi connectivity index (χ2v) is 7.15. The molecule has 0 amide bonds. The lowest BCUT2D eigenvalue weighted by atomic mass is 10.3. The van der Waals surface area contributed by atoms with Gasteiger partial charge in [-0.1, -0.05) is 0 Å². The van der Waals surface area contributed by atoms with E-state index in [1.54, 1.807) is 21.3 Å². The molecule has 4 nitrogen and oxygen atoms in total. The first-order valence-electron chi connectivity index (χ1n) is 6.08. The number of hydrogen-bond donors (Lipinski definition) is 0. The molecule has 0 rings (SSSR count). The van der Waals surface area contributed by atoms with E-state index >= 15 is 0 Å². The van der Waals surface area contributed by atoms with Crippen molar-refractivity contribution in [3.8, 4) is 0 Å². The molecule has 0 aliphatic heterocycles. The highest BCUT2D eigenvalue weighted by atomic mass is 28.4. The topological polar surface area (TPSA) is 27.7 Å². The molecule has 0 aromatic heterocycles. The SMILES string of the molecule is CC[N+](CC)(CC)CC[Si](OC)(OC)OC. The van der Waals surface area contributed by atoms with Crippen LogP contribution >= 0.6 is 0 Å². The Morgan fingerprint density at radius 3 is 1.44 bits per heavy atom. The van der Waals surface area contributed by atoms with Crippen molar-refractivity contribution in [1.29, 1.82) is 0 Å². The summed E-state index contributed by atoms with van der Waals surface area (Å²) < 4.78 is 17.5. The lowest BCUT2D eigenvalue weighted by molar-refractivity contribution is -0.921. The van der Waals surface area contributed by atoms with Crippen molar-refractivity contribution in [2.45, 2.75) is 26.8 Å². The molecule has 0 aliphatic rings. The van der Waals surface area contributed by atoms with Crippen molar-refractivity contribution in [1.82, 2.24) is 0 Å². The van der Waals surface area contributed by atoms with Crippen molar-refractivity contribution < 1.29 is 17.8 Å². The van der Waals surface area contributed by atoms with Gasteiger partial charge in [0, 0.05) is 21.3 Å². The first-order valence-corrected chi connectivity index (χ1v) is 8.01. The zero-order valence-electron chi connectivity index (χ0n) is 11.7. The molecule has 0 aliphatic carbocycles. The summed E-state index contributed by atoms with van der Waals surface area (Å²) in [5.74, 6) is 0. The maximum Gasteiger partial charge on any atom is 0.505 e. The number of rotatable bonds is 9. The average molecular weight is 250 g/mol. The fourth-order valence-corrected chi connectivity index (χ4v) is 3.94. The van der Waals surface area contributed by atoms with Crippen molar-refractivity contribution >= 4 is 8.80 Å². The van der Waals surface area contributed by atoms with E-state index in [1.165, 1.54) is 0 Å². The molecule has 16 heavy (non-hydrogen) atoms. The Balaban J connectivity index is 4.48. The van der Waals surface area contributed by atoms with E-state index in [9.17, 15) is 0 Å². The predicted molar refractivity (Wildman–Crippen MR) is 68.3 cm³/mol. The van der Waals surface area contributed by atoms with Crippen LogP contribution in [0.15, 0.2) is 0 Å². The Bertz CT molecular complexity index is 146. The van der Waals surface area contributed by atoms with Crippen molar-refractivity contribution in [2.75, 3.05) is 47.5 Å². The minimum absolute atomic E-state index is 0.881. The Morgan fingerprint density at radius 2 is 1.19 bits per heavy atom. The van der Waals surface area contributed by atoms with E-state index in [2.05, 4.69) is 20.8 Å². The molecular formula is C11H28NO3Si+. The van der Waals surface area contributed by atoms with Gasteiger partial charge >= 0.3 is 8.80 Å². The van der Waals surface area contributed by atoms with Crippen LogP contribution in [0.3, 0.4) is 0 Å². The number of hydrogen-bond acceptors (Lipinski definition) is 3. The van der Waals surface area contributed by atoms with Crippen LogP contribution in [0, 0.1) is 0 Å². The summed E-state index contributed by atoms with van der Waals surface area (Å²) >= 11 is 0. The smallest absolute Gasteiger partial charge is 0.377 e. The van der Waals surface area contributed by atoms with Crippen molar-refractivity contribution in [3.63, 3.8) is 0 Å². The molecule has 0 saturated heterocycles. The lowest BCUT2D eigenvalue weighted by Gasteiger charge is -2.37. The summed E-state index contributed by atoms with van der Waals surface area (Å²) in [5, 5.41) is 0. The van der Waals surface area contributed by atoms with E-state index < -0.39 is 8.80 Å². The number of quaternary nitrogens is 1. The van der Waals surface area contributed by atoms with Crippen LogP contribution in [-0.2, 0) is 13.3 Å². The van der Waals surface area contributed by atoms with Crippen LogP contribution in [0.4, 0.5) is 0 Å². The molecule has 0 aromatic carbocycles. The minimum atomic E-state index is -2.39. The van der Waals surface area contributed by atoms with E-state index in [-0.39, 0.29) is 0 Å². The van der Waals surface area contributed by atoms with Crippen molar-refractivity contribution in [3.05, 3.63) is 0 Å². The molecule has 0 spiro atoms. The van der Waals surface area contributed by atoms with Crippen LogP contribution in [0.25, 0.3) is 0 Å². The zero-order chi connectivity index (χ0) is 12.7. The van der Waals surface area contributed by atoms with Gasteiger partial charge in [-0.2, -0.15) is 0 Å². The van der Waals surface area contributed by atoms with Gasteiger partial charge in [-0.3, -0.25) is 0 Å². The van der Waals surface area contributed by atoms with E-state index in [4.69, 9.17) is 13.3 Å². The maximum atomic E-state index is 5.45. The van der Waals surface area contributed by atoms with Gasteiger partial charge < -0.3 is 17.8 Å². The summed E-state index contributed by atoms with van der Waals surface area (Å²) in [4.78, 5) is 0. The molecule has 0 aromatic rings. The quantitative estimate of drug-likeness (QED) is 0.461. The summed E-state index contributed by atoms with van der Waals surface area (Å²) in [6.07, 6.45) is 0. The van der Waals surface area contributed by atoms with Gasteiger partial charge in [-0.25, -0.2) is 0 Å². The Hall–Kier alpha value is 0.0569. The first-order chi connectivity index (χ1) is 7.57. The molecule has 0 heterocycles. The van der Waals surface area contributed by atoms with Gasteiger partial charge in [0.1, 0.15) is 0 Å². The number of nitrogens with zero attached hydrogens (tertiary/aromatic N) is 1. The highest BCUT2D eigenvalue weighted by Crippen LogP contribution is 2.17. The molecule has 98 valence electrons. The molecule has 0 radical (unpaired) electrons. The fraction of sp³-hybridized carbons (Fsp3) is 1.00. The van der Waals surface area contributed by atoms with Crippen LogP contribution < -0.4 is 0 Å². The highest BCUT2D eigenvalue weighted by Gasteiger charge is 2.40. The van der Waals surface area contributed by atoms with Gasteiger partial charge in [-0.05, 0) is 20.8 Å². The van der Waals surface area contributed by atoms with Gasteiger partial charge in [-0.15, -0.1) is 0 Å². The minimum Gasteiger partial charge on any atom is -0.377 e. The predicted octanol–water partition coefficient (Wildman–Crippen LogP) is 1.74. The van der Waals surface area contributed by atoms with Crippen LogP contribution in [0.1, 0.15) is 20.8 Å². The van der Waals surface area contributed by atoms with Gasteiger partial charge in [0.15, 0.2) is 0 Å². The van der Waals surface area contributed by atoms with Gasteiger partial charge in [0.2, 0.25) is 0 Å². The molecule has 0 fully saturated rings. The molecule has 0 unspecified atom stereocenters. The van der Waals surface area contributed by atoms with Crippen LogP contribution in [-0.4, -0.2) is 60.8 Å². The normalized spacial score (nSPS) is 13.1. The third-order valence-corrected chi connectivity index (χ3v) is 6.54. The Labute approximate surface area is 101 Å². The molecule has 0 bridgehead atoms. The average Bonchev–Trinajstić information content (AvgIpc) is 2.37. The Morgan fingerprint density at radius 1 is 0.812 bits per heavy atom. The summed E-state index contributed by atoms with van der Waals surface area (Å²) in [5.41, 5.74) is 0. The van der Waals surface area contributed by atoms with E-state index in [1.807, 2.05) is 0 Å². The van der Waals surface area contributed by atoms with E-state index in [0.717, 1.165) is 36.7 Å². The largest absolute Gasteiger partial charge is 0.505 e. The fourth-order valence-electron chi connectivity index (χ4n) is 2.08. The second-order valence-electron chi connectivity index (χ2n) is 4.06. The van der Waals surface area contributed by atoms with Crippen molar-refractivity contribution in [2.24, 2.45) is 0 Å². The molecule has 0 atom stereocenters. The molecule has 5 heteroatoms. The van der Waals surface area contributed by atoms with E-state index in [0.29, 0.717) is 0 Å². The maximum absolute atomic E-state index is 5.45. The third kappa shape index (κ3) is 3.82. The Kier molecular flexibility index (Phi) is 7.42. The monoisotopic (exact) mass is 250 g/mol. The highest BCUT2D eigenvalue weighted by molar-refractivity contribution is 6.60. The lowest BCUT2D eigenvalue weighted by Crippen LogP contribution is -2.53. The van der Waals surface area contributed by atoms with Crippen LogP contribution in [0.2, 0.25) is 6.04 Å². The summed E-state index contributed by atoms with van der Waals surface area (Å²) in [6, 6.07) is 0.881. The molecular weight excluding hydrogens is 222 g/mol. The first kappa shape index (κ1) is 16.1. The standard InChI is InChI=1S/C11H28NO3Si/c1-7-12(8-2,9-3)10-11-16(13-4,14-5)15-6/h7-11H2,1-6H3/q+1. The summed E-state index contributed by atoms with van der Waals surface area (Å²) in [6.45, 7) is 11.2. The van der Waals surface area contributed by atoms with Gasteiger partial charge in [0.25, 0.3) is 0 Å². The molecule has 0 saturated carbocycles. The molecule has 0 N–H and O–H groups in total. The van der Waals surface area contributed by atoms with Gasteiger partial charge in [0.05, 0.1) is 32.2 Å². The van der Waals surface area contributed by atoms with Crippen LogP contribution in [0.5, 0.6) is 0 Å². The zero-order valence-corrected chi connectivity index (χ0v) is 12.7. The third-order valence-electron chi connectivity index (χ3n) is 3.84. The summed E-state index contributed by atoms with van der Waals surface area (Å²) in [7, 11) is 2.64. The second kappa shape index (κ2) is 7.40.